The van der Waals surface area contributed by atoms with E-state index in [4.69, 9.17) is 5.11 Å². The summed E-state index contributed by atoms with van der Waals surface area (Å²) in [5.41, 5.74) is 0.924. The monoisotopic (exact) mass is 279 g/mol. The standard InChI is InChI=1S/C15H21NO2S/c1-9(13-7-10-2-3-11(13)6-10)16-8-12-4-5-19-14(12)15(17)18/h4-5,9-11,13,16H,2-3,6-8H2,1H3,(H,17,18). The third-order valence-corrected chi connectivity index (χ3v) is 5.94. The first-order valence-corrected chi connectivity index (χ1v) is 8.06. The molecule has 0 amide bonds. The summed E-state index contributed by atoms with van der Waals surface area (Å²) >= 11 is 1.31. The van der Waals surface area contributed by atoms with Crippen molar-refractivity contribution in [3.63, 3.8) is 0 Å². The number of thiophene rings is 1. The van der Waals surface area contributed by atoms with Crippen LogP contribution in [0.2, 0.25) is 0 Å². The van der Waals surface area contributed by atoms with Crippen LogP contribution in [0.25, 0.3) is 0 Å². The molecular formula is C15H21NO2S. The van der Waals surface area contributed by atoms with E-state index in [1.54, 1.807) is 0 Å². The van der Waals surface area contributed by atoms with Crippen LogP contribution >= 0.6 is 11.3 Å². The maximum Gasteiger partial charge on any atom is 0.346 e. The Morgan fingerprint density at radius 3 is 3.00 bits per heavy atom. The lowest BCUT2D eigenvalue weighted by atomic mass is 9.84. The van der Waals surface area contributed by atoms with Gasteiger partial charge in [-0.3, -0.25) is 0 Å². The van der Waals surface area contributed by atoms with Crippen LogP contribution < -0.4 is 5.32 Å². The van der Waals surface area contributed by atoms with Gasteiger partial charge in [0.05, 0.1) is 0 Å². The van der Waals surface area contributed by atoms with Gasteiger partial charge in [0.25, 0.3) is 0 Å². The Bertz CT molecular complexity index is 470. The number of carboxylic acid groups (broad SMARTS) is 1. The molecule has 2 bridgehead atoms. The molecule has 1 aromatic heterocycles. The Morgan fingerprint density at radius 2 is 2.37 bits per heavy atom. The first kappa shape index (κ1) is 13.1. The highest BCUT2D eigenvalue weighted by molar-refractivity contribution is 7.12. The van der Waals surface area contributed by atoms with Crippen LogP contribution in [-0.4, -0.2) is 17.1 Å². The molecule has 2 N–H and O–H groups in total. The average molecular weight is 279 g/mol. The summed E-state index contributed by atoms with van der Waals surface area (Å²) in [6.07, 6.45) is 5.63. The second-order valence-corrected chi connectivity index (χ2v) is 7.00. The van der Waals surface area contributed by atoms with E-state index in [1.165, 1.54) is 37.0 Å². The zero-order valence-electron chi connectivity index (χ0n) is 11.3. The minimum atomic E-state index is -0.806. The molecule has 2 aliphatic carbocycles. The maximum atomic E-state index is 11.1. The first-order valence-electron chi connectivity index (χ1n) is 7.18. The van der Waals surface area contributed by atoms with Gasteiger partial charge in [-0.15, -0.1) is 11.3 Å². The van der Waals surface area contributed by atoms with Crippen LogP contribution in [-0.2, 0) is 6.54 Å². The van der Waals surface area contributed by atoms with Gasteiger partial charge >= 0.3 is 5.97 Å². The van der Waals surface area contributed by atoms with Gasteiger partial charge in [0, 0.05) is 12.6 Å². The van der Waals surface area contributed by atoms with Crippen LogP contribution in [0.3, 0.4) is 0 Å². The molecule has 4 atom stereocenters. The lowest BCUT2D eigenvalue weighted by molar-refractivity contribution is 0.0701. The molecule has 0 aliphatic heterocycles. The van der Waals surface area contributed by atoms with E-state index in [2.05, 4.69) is 12.2 Å². The topological polar surface area (TPSA) is 49.3 Å². The maximum absolute atomic E-state index is 11.1. The van der Waals surface area contributed by atoms with Crippen molar-refractivity contribution in [3.05, 3.63) is 21.9 Å². The lowest BCUT2D eigenvalue weighted by Crippen LogP contribution is -2.36. The minimum Gasteiger partial charge on any atom is -0.477 e. The molecule has 0 aromatic carbocycles. The molecule has 1 aromatic rings. The van der Waals surface area contributed by atoms with E-state index in [0.717, 1.165) is 23.3 Å². The number of rotatable bonds is 5. The van der Waals surface area contributed by atoms with Crippen LogP contribution in [0.4, 0.5) is 0 Å². The van der Waals surface area contributed by atoms with E-state index < -0.39 is 5.97 Å². The Labute approximate surface area is 118 Å². The summed E-state index contributed by atoms with van der Waals surface area (Å²) in [6.45, 7) is 2.94. The van der Waals surface area contributed by atoms with Gasteiger partial charge in [-0.05, 0) is 60.9 Å². The van der Waals surface area contributed by atoms with Gasteiger partial charge in [0.1, 0.15) is 4.88 Å². The summed E-state index contributed by atoms with van der Waals surface area (Å²) in [4.78, 5) is 11.5. The number of nitrogens with one attached hydrogen (secondary N) is 1. The average Bonchev–Trinajstić information content (AvgIpc) is 3.10. The molecule has 4 unspecified atom stereocenters. The molecule has 19 heavy (non-hydrogen) atoms. The smallest absolute Gasteiger partial charge is 0.346 e. The minimum absolute atomic E-state index is 0.479. The molecule has 3 rings (SSSR count). The normalized spacial score (nSPS) is 30.7. The van der Waals surface area contributed by atoms with E-state index in [9.17, 15) is 4.79 Å². The molecule has 2 saturated carbocycles. The van der Waals surface area contributed by atoms with Crippen molar-refractivity contribution in [3.8, 4) is 0 Å². The van der Waals surface area contributed by atoms with Crippen LogP contribution in [0.15, 0.2) is 11.4 Å². The molecule has 104 valence electrons. The van der Waals surface area contributed by atoms with Gasteiger partial charge in [-0.25, -0.2) is 4.79 Å². The first-order chi connectivity index (χ1) is 9.15. The van der Waals surface area contributed by atoms with Gasteiger partial charge in [-0.1, -0.05) is 6.42 Å². The summed E-state index contributed by atoms with van der Waals surface area (Å²) in [5, 5.41) is 14.5. The second kappa shape index (κ2) is 5.25. The Kier molecular flexibility index (Phi) is 3.63. The number of aromatic carboxylic acids is 1. The molecule has 0 spiro atoms. The zero-order valence-corrected chi connectivity index (χ0v) is 12.1. The quantitative estimate of drug-likeness (QED) is 0.869. The van der Waals surface area contributed by atoms with Crippen molar-refractivity contribution >= 4 is 17.3 Å². The highest BCUT2D eigenvalue weighted by atomic mass is 32.1. The van der Waals surface area contributed by atoms with Crippen molar-refractivity contribution in [2.75, 3.05) is 0 Å². The van der Waals surface area contributed by atoms with E-state index >= 15 is 0 Å². The SMILES string of the molecule is CC(NCc1ccsc1C(=O)O)C1CC2CCC1C2. The number of carboxylic acids is 1. The highest BCUT2D eigenvalue weighted by Crippen LogP contribution is 2.49. The highest BCUT2D eigenvalue weighted by Gasteiger charge is 2.41. The lowest BCUT2D eigenvalue weighted by Gasteiger charge is -2.28. The van der Waals surface area contributed by atoms with Gasteiger partial charge < -0.3 is 10.4 Å². The second-order valence-electron chi connectivity index (χ2n) is 6.09. The van der Waals surface area contributed by atoms with E-state index in [0.29, 0.717) is 17.5 Å². The number of fused-ring (bicyclic) bond motifs is 2. The molecule has 4 heteroatoms. The molecule has 3 nitrogen and oxygen atoms in total. The van der Waals surface area contributed by atoms with Crippen LogP contribution in [0.1, 0.15) is 47.8 Å². The third kappa shape index (κ3) is 2.56. The van der Waals surface area contributed by atoms with E-state index in [1.807, 2.05) is 11.4 Å². The molecular weight excluding hydrogens is 258 g/mol. The van der Waals surface area contributed by atoms with Gasteiger partial charge in [0.2, 0.25) is 0 Å². The van der Waals surface area contributed by atoms with Gasteiger partial charge in [-0.2, -0.15) is 0 Å². The number of hydrogen-bond acceptors (Lipinski definition) is 3. The fraction of sp³-hybridized carbons (Fsp3) is 0.667. The molecule has 1 heterocycles. The van der Waals surface area contributed by atoms with Crippen molar-refractivity contribution in [1.82, 2.24) is 5.32 Å². The van der Waals surface area contributed by atoms with Crippen molar-refractivity contribution in [1.29, 1.82) is 0 Å². The van der Waals surface area contributed by atoms with Crippen molar-refractivity contribution < 1.29 is 9.90 Å². The Hall–Kier alpha value is -0.870. The Balaban J connectivity index is 1.57. The number of hydrogen-bond donors (Lipinski definition) is 2. The van der Waals surface area contributed by atoms with Crippen molar-refractivity contribution in [2.45, 2.75) is 45.2 Å². The fourth-order valence-electron chi connectivity index (χ4n) is 3.99. The molecule has 2 aliphatic rings. The van der Waals surface area contributed by atoms with Crippen molar-refractivity contribution in [2.24, 2.45) is 17.8 Å². The zero-order chi connectivity index (χ0) is 13.4. The fourth-order valence-corrected chi connectivity index (χ4v) is 4.75. The van der Waals surface area contributed by atoms with Crippen LogP contribution in [0, 0.1) is 17.8 Å². The third-order valence-electron chi connectivity index (χ3n) is 4.99. The number of carbonyl (C=O) groups is 1. The molecule has 0 radical (unpaired) electrons. The summed E-state index contributed by atoms with van der Waals surface area (Å²) in [6, 6.07) is 2.42. The summed E-state index contributed by atoms with van der Waals surface area (Å²) < 4.78 is 0. The van der Waals surface area contributed by atoms with E-state index in [-0.39, 0.29) is 0 Å². The largest absolute Gasteiger partial charge is 0.477 e. The molecule has 2 fully saturated rings. The summed E-state index contributed by atoms with van der Waals surface area (Å²) in [7, 11) is 0. The van der Waals surface area contributed by atoms with Gasteiger partial charge in [0.15, 0.2) is 0 Å². The Morgan fingerprint density at radius 1 is 1.53 bits per heavy atom. The predicted molar refractivity (Wildman–Crippen MR) is 76.5 cm³/mol. The summed E-state index contributed by atoms with van der Waals surface area (Å²) in [5.74, 6) is 1.87. The molecule has 0 saturated heterocycles. The van der Waals surface area contributed by atoms with Crippen LogP contribution in [0.5, 0.6) is 0 Å². The predicted octanol–water partition coefficient (Wildman–Crippen LogP) is 3.36.